The number of rotatable bonds is 2. The molecule has 3 atom stereocenters. The monoisotopic (exact) mass is 418 g/mol. The van der Waals surface area contributed by atoms with Gasteiger partial charge < -0.3 is 4.74 Å². The molecule has 0 N–H and O–H groups in total. The number of aliphatic imine (C=N–C) groups is 1. The van der Waals surface area contributed by atoms with Gasteiger partial charge in [-0.25, -0.2) is 9.79 Å². The van der Waals surface area contributed by atoms with Gasteiger partial charge in [0.1, 0.15) is 17.5 Å². The van der Waals surface area contributed by atoms with Crippen LogP contribution in [-0.4, -0.2) is 62.1 Å². The maximum atomic E-state index is 13.2. The van der Waals surface area contributed by atoms with Crippen molar-refractivity contribution in [2.75, 3.05) is 0 Å². The average molecular weight is 418 g/mol. The van der Waals surface area contributed by atoms with Gasteiger partial charge in [0.2, 0.25) is 17.9 Å². The van der Waals surface area contributed by atoms with E-state index in [-0.39, 0.29) is 24.4 Å². The van der Waals surface area contributed by atoms with Gasteiger partial charge in [0, 0.05) is 11.3 Å². The van der Waals surface area contributed by atoms with Crippen molar-refractivity contribution in [1.82, 2.24) is 9.80 Å². The number of nitro groups is 1. The Hall–Kier alpha value is -3.37. The van der Waals surface area contributed by atoms with Crippen molar-refractivity contribution in [3.8, 4) is 0 Å². The summed E-state index contributed by atoms with van der Waals surface area (Å²) in [5.41, 5.74) is -0.697. The highest BCUT2D eigenvalue weighted by Gasteiger charge is 2.51. The minimum Gasteiger partial charge on any atom is -0.443 e. The number of amides is 4. The number of allylic oxidation sites excluding steroid dienone is 2. The first-order chi connectivity index (χ1) is 13.9. The molecule has 3 aliphatic rings. The van der Waals surface area contributed by atoms with Crippen LogP contribution in [-0.2, 0) is 19.1 Å². The van der Waals surface area contributed by atoms with Crippen LogP contribution in [0.3, 0.4) is 0 Å². The predicted octanol–water partition coefficient (Wildman–Crippen LogP) is 1.41. The summed E-state index contributed by atoms with van der Waals surface area (Å²) < 4.78 is 5.15. The van der Waals surface area contributed by atoms with Crippen molar-refractivity contribution < 1.29 is 28.8 Å². The quantitative estimate of drug-likeness (QED) is 0.375. The van der Waals surface area contributed by atoms with Crippen molar-refractivity contribution in [2.45, 2.75) is 58.2 Å². The zero-order chi connectivity index (χ0) is 22.4. The number of piperidine rings is 1. The molecule has 4 amide bonds. The van der Waals surface area contributed by atoms with Gasteiger partial charge in [0.15, 0.2) is 5.92 Å². The third-order valence-corrected chi connectivity index (χ3v) is 4.90. The fourth-order valence-electron chi connectivity index (χ4n) is 3.66. The second-order valence-corrected chi connectivity index (χ2v) is 8.20. The molecule has 2 aliphatic heterocycles. The van der Waals surface area contributed by atoms with E-state index in [1.54, 1.807) is 20.8 Å². The van der Waals surface area contributed by atoms with Gasteiger partial charge in [-0.05, 0) is 46.3 Å². The lowest BCUT2D eigenvalue weighted by atomic mass is 9.88. The molecule has 160 valence electrons. The molecule has 0 spiro atoms. The first kappa shape index (κ1) is 21.3. The van der Waals surface area contributed by atoms with Crippen molar-refractivity contribution in [2.24, 2.45) is 10.9 Å². The van der Waals surface area contributed by atoms with E-state index in [9.17, 15) is 29.3 Å². The number of carbonyl (C=O) groups is 4. The van der Waals surface area contributed by atoms with E-state index in [1.807, 2.05) is 0 Å². The molecule has 1 aliphatic carbocycles. The van der Waals surface area contributed by atoms with Crippen LogP contribution in [0, 0.1) is 16.0 Å². The van der Waals surface area contributed by atoms with Crippen molar-refractivity contribution in [1.29, 1.82) is 0 Å². The zero-order valence-corrected chi connectivity index (χ0v) is 17.0. The molecule has 0 aromatic carbocycles. The molecule has 0 saturated carbocycles. The Kier molecular flexibility index (Phi) is 5.31. The average Bonchev–Trinajstić information content (AvgIpc) is 2.61. The maximum absolute atomic E-state index is 13.2. The molecule has 2 heterocycles. The van der Waals surface area contributed by atoms with E-state index < -0.39 is 52.3 Å². The van der Waals surface area contributed by atoms with E-state index >= 15 is 0 Å². The largest absolute Gasteiger partial charge is 0.443 e. The Bertz CT molecular complexity index is 928. The molecule has 0 aromatic rings. The van der Waals surface area contributed by atoms with E-state index in [0.717, 1.165) is 4.90 Å². The molecule has 0 radical (unpaired) electrons. The summed E-state index contributed by atoms with van der Waals surface area (Å²) in [6.07, 6.45) is 2.96. The summed E-state index contributed by atoms with van der Waals surface area (Å²) in [4.78, 5) is 67.5. The third-order valence-electron chi connectivity index (χ3n) is 4.90. The number of hydrogen-bond acceptors (Lipinski definition) is 8. The lowest BCUT2D eigenvalue weighted by Crippen LogP contribution is -2.62. The van der Waals surface area contributed by atoms with E-state index in [2.05, 4.69) is 4.99 Å². The number of amidine groups is 1. The number of fused-ring (bicyclic) bond motifs is 1. The van der Waals surface area contributed by atoms with E-state index in [0.29, 0.717) is 4.90 Å². The Morgan fingerprint density at radius 1 is 1.27 bits per heavy atom. The molecule has 11 heteroatoms. The fourth-order valence-corrected chi connectivity index (χ4v) is 3.66. The number of imide groups is 3. The molecule has 11 nitrogen and oxygen atoms in total. The summed E-state index contributed by atoms with van der Waals surface area (Å²) in [6.45, 7) is 6.27. The van der Waals surface area contributed by atoms with Gasteiger partial charge in [-0.1, -0.05) is 6.08 Å². The first-order valence-electron chi connectivity index (χ1n) is 9.42. The van der Waals surface area contributed by atoms with Crippen LogP contribution in [0.5, 0.6) is 0 Å². The summed E-state index contributed by atoms with van der Waals surface area (Å²) in [5.74, 6) is -3.34. The minimum absolute atomic E-state index is 0.0275. The second kappa shape index (κ2) is 7.47. The maximum Gasteiger partial charge on any atom is 0.424 e. The van der Waals surface area contributed by atoms with Crippen molar-refractivity contribution in [3.63, 3.8) is 0 Å². The number of likely N-dealkylation sites (tertiary alicyclic amines) is 1. The molecule has 1 saturated heterocycles. The molecule has 0 aromatic heterocycles. The van der Waals surface area contributed by atoms with Crippen LogP contribution in [0.15, 0.2) is 28.9 Å². The van der Waals surface area contributed by atoms with Gasteiger partial charge in [-0.3, -0.25) is 29.4 Å². The third kappa shape index (κ3) is 3.74. The molecular formula is C19H22N4O7. The van der Waals surface area contributed by atoms with Crippen LogP contribution < -0.4 is 0 Å². The van der Waals surface area contributed by atoms with Crippen LogP contribution in [0.4, 0.5) is 4.79 Å². The molecule has 3 unspecified atom stereocenters. The topological polar surface area (TPSA) is 139 Å². The van der Waals surface area contributed by atoms with Gasteiger partial charge in [-0.15, -0.1) is 0 Å². The molecule has 30 heavy (non-hydrogen) atoms. The summed E-state index contributed by atoms with van der Waals surface area (Å²) >= 11 is 0. The van der Waals surface area contributed by atoms with Gasteiger partial charge in [-0.2, -0.15) is 4.90 Å². The molecule has 0 bridgehead atoms. The molecule has 1 fully saturated rings. The highest BCUT2D eigenvalue weighted by atomic mass is 16.6. The minimum atomic E-state index is -1.32. The van der Waals surface area contributed by atoms with Gasteiger partial charge in [0.25, 0.3) is 5.91 Å². The van der Waals surface area contributed by atoms with Crippen LogP contribution >= 0.6 is 0 Å². The van der Waals surface area contributed by atoms with Crippen molar-refractivity contribution >= 4 is 29.7 Å². The Morgan fingerprint density at radius 2 is 1.93 bits per heavy atom. The first-order valence-corrected chi connectivity index (χ1v) is 9.42. The number of hydrogen-bond donors (Lipinski definition) is 0. The lowest BCUT2D eigenvalue weighted by Gasteiger charge is -2.40. The Balaban J connectivity index is 1.94. The normalized spacial score (nSPS) is 26.8. The lowest BCUT2D eigenvalue weighted by molar-refractivity contribution is -0.514. The highest BCUT2D eigenvalue weighted by molar-refractivity contribution is 6.15. The fraction of sp³-hybridized carbons (Fsp3) is 0.526. The van der Waals surface area contributed by atoms with Crippen molar-refractivity contribution in [3.05, 3.63) is 34.0 Å². The van der Waals surface area contributed by atoms with Crippen LogP contribution in [0.2, 0.25) is 0 Å². The van der Waals surface area contributed by atoms with Gasteiger partial charge >= 0.3 is 6.09 Å². The van der Waals surface area contributed by atoms with E-state index in [1.165, 1.54) is 25.2 Å². The predicted molar refractivity (Wildman–Crippen MR) is 103 cm³/mol. The zero-order valence-electron chi connectivity index (χ0n) is 17.0. The standard InChI is InChI=1S/C19H22N4O7/c1-10-20-11-6-5-7-12(23(28)29)15(11)17(26)21(10)13-8-9-14(24)22(16(13)25)18(27)30-19(2,3)4/h5-7,12-13,15H,8-9H2,1-4H3. The Labute approximate surface area is 172 Å². The summed E-state index contributed by atoms with van der Waals surface area (Å²) in [5, 5.41) is 11.4. The molecule has 3 rings (SSSR count). The Morgan fingerprint density at radius 3 is 2.53 bits per heavy atom. The molecular weight excluding hydrogens is 396 g/mol. The SMILES string of the molecule is CC1=NC2=CC=CC([N+](=O)[O-])C2C(=O)N1C1CCC(=O)N(C(=O)OC(C)(C)C)C1=O. The highest BCUT2D eigenvalue weighted by Crippen LogP contribution is 2.33. The summed E-state index contributed by atoms with van der Waals surface area (Å²) in [7, 11) is 0. The van der Waals surface area contributed by atoms with Gasteiger partial charge in [0.05, 0.1) is 5.70 Å². The smallest absolute Gasteiger partial charge is 0.424 e. The van der Waals surface area contributed by atoms with Crippen LogP contribution in [0.1, 0.15) is 40.5 Å². The van der Waals surface area contributed by atoms with Crippen LogP contribution in [0.25, 0.3) is 0 Å². The van der Waals surface area contributed by atoms with E-state index in [4.69, 9.17) is 4.74 Å². The number of ether oxygens (including phenoxy) is 1. The second-order valence-electron chi connectivity index (χ2n) is 8.20. The number of nitrogens with zero attached hydrogens (tertiary/aromatic N) is 4. The summed E-state index contributed by atoms with van der Waals surface area (Å²) in [6, 6.07) is -2.51. The number of carbonyl (C=O) groups excluding carboxylic acids is 4.